The topological polar surface area (TPSA) is 70.7 Å². The summed E-state index contributed by atoms with van der Waals surface area (Å²) in [6, 6.07) is 6.87. The Labute approximate surface area is 149 Å². The van der Waals surface area contributed by atoms with Crippen molar-refractivity contribution in [1.29, 1.82) is 0 Å². The van der Waals surface area contributed by atoms with Crippen LogP contribution in [0.25, 0.3) is 0 Å². The maximum absolute atomic E-state index is 11.5. The van der Waals surface area contributed by atoms with Gasteiger partial charge in [-0.2, -0.15) is 0 Å². The highest BCUT2D eigenvalue weighted by Crippen LogP contribution is 2.16. The maximum Gasteiger partial charge on any atom is 0.175 e. The third-order valence-corrected chi connectivity index (χ3v) is 5.36. The molecule has 0 amide bonds. The molecule has 0 spiro atoms. The molecule has 1 aliphatic rings. The van der Waals surface area contributed by atoms with Gasteiger partial charge < -0.3 is 15.4 Å². The molecule has 0 saturated carbocycles. The highest BCUT2D eigenvalue weighted by Gasteiger charge is 2.12. The van der Waals surface area contributed by atoms with Gasteiger partial charge in [-0.3, -0.25) is 4.90 Å². The first-order valence-corrected chi connectivity index (χ1v) is 10.3. The number of morpholine rings is 1. The van der Waals surface area contributed by atoms with E-state index in [2.05, 4.69) is 15.5 Å². The van der Waals surface area contributed by atoms with Crippen LogP contribution in [-0.2, 0) is 14.6 Å². The Bertz CT molecular complexity index is 641. The number of ether oxygens (including phenoxy) is 1. The van der Waals surface area contributed by atoms with E-state index in [1.165, 1.54) is 6.26 Å². The molecule has 0 radical (unpaired) electrons. The van der Waals surface area contributed by atoms with E-state index in [0.29, 0.717) is 10.0 Å². The Morgan fingerprint density at radius 3 is 2.50 bits per heavy atom. The number of hydrogen-bond donors (Lipinski definition) is 2. The SMILES string of the molecule is C[C@@H](NC(=S)NCCN1CCOCC1)c1ccc(S(C)(=O)=O)cc1. The predicted molar refractivity (Wildman–Crippen MR) is 99.0 cm³/mol. The lowest BCUT2D eigenvalue weighted by Crippen LogP contribution is -2.44. The molecule has 24 heavy (non-hydrogen) atoms. The van der Waals surface area contributed by atoms with Crippen LogP contribution in [0.3, 0.4) is 0 Å². The first kappa shape index (κ1) is 19.1. The number of nitrogens with zero attached hydrogens (tertiary/aromatic N) is 1. The van der Waals surface area contributed by atoms with Gasteiger partial charge in [0.05, 0.1) is 24.2 Å². The summed E-state index contributed by atoms with van der Waals surface area (Å²) in [7, 11) is -3.16. The lowest BCUT2D eigenvalue weighted by molar-refractivity contribution is 0.0389. The van der Waals surface area contributed by atoms with Crippen LogP contribution in [0, 0.1) is 0 Å². The van der Waals surface area contributed by atoms with Crippen LogP contribution < -0.4 is 10.6 Å². The maximum atomic E-state index is 11.5. The molecular formula is C16H25N3O3S2. The largest absolute Gasteiger partial charge is 0.379 e. The molecular weight excluding hydrogens is 346 g/mol. The third kappa shape index (κ3) is 6.01. The average Bonchev–Trinajstić information content (AvgIpc) is 2.55. The average molecular weight is 372 g/mol. The molecule has 1 aromatic carbocycles. The minimum absolute atomic E-state index is 0.00185. The standard InChI is InChI=1S/C16H25N3O3S2/c1-13(14-3-5-15(6-4-14)24(2,20)21)18-16(23)17-7-8-19-9-11-22-12-10-19/h3-6,13H,7-12H2,1-2H3,(H2,17,18,23)/t13-/m1/s1. The zero-order chi connectivity index (χ0) is 17.6. The molecule has 1 atom stereocenters. The van der Waals surface area contributed by atoms with E-state index >= 15 is 0 Å². The normalized spacial score (nSPS) is 17.2. The van der Waals surface area contributed by atoms with Gasteiger partial charge in [0.1, 0.15) is 0 Å². The summed E-state index contributed by atoms with van der Waals surface area (Å²) in [6.07, 6.45) is 1.21. The minimum Gasteiger partial charge on any atom is -0.379 e. The van der Waals surface area contributed by atoms with Crippen molar-refractivity contribution in [3.8, 4) is 0 Å². The predicted octanol–water partition coefficient (Wildman–Crippen LogP) is 0.947. The van der Waals surface area contributed by atoms with Gasteiger partial charge in [-0.15, -0.1) is 0 Å². The van der Waals surface area contributed by atoms with E-state index in [-0.39, 0.29) is 6.04 Å². The molecule has 1 saturated heterocycles. The molecule has 8 heteroatoms. The van der Waals surface area contributed by atoms with Crippen LogP contribution in [-0.4, -0.2) is 64.1 Å². The van der Waals surface area contributed by atoms with Crippen molar-refractivity contribution in [3.63, 3.8) is 0 Å². The Morgan fingerprint density at radius 1 is 1.29 bits per heavy atom. The first-order valence-electron chi connectivity index (χ1n) is 8.01. The fourth-order valence-corrected chi connectivity index (χ4v) is 3.40. The van der Waals surface area contributed by atoms with Crippen LogP contribution in [0.4, 0.5) is 0 Å². The van der Waals surface area contributed by atoms with Gasteiger partial charge in [0, 0.05) is 32.4 Å². The number of rotatable bonds is 6. The van der Waals surface area contributed by atoms with E-state index < -0.39 is 9.84 Å². The van der Waals surface area contributed by atoms with E-state index in [1.54, 1.807) is 12.1 Å². The summed E-state index contributed by atoms with van der Waals surface area (Å²) >= 11 is 5.32. The molecule has 1 aliphatic heterocycles. The fourth-order valence-electron chi connectivity index (χ4n) is 2.49. The van der Waals surface area contributed by atoms with Crippen LogP contribution in [0.5, 0.6) is 0 Å². The van der Waals surface area contributed by atoms with Gasteiger partial charge in [0.15, 0.2) is 14.9 Å². The van der Waals surface area contributed by atoms with Crippen LogP contribution in [0.2, 0.25) is 0 Å². The number of hydrogen-bond acceptors (Lipinski definition) is 5. The zero-order valence-corrected chi connectivity index (χ0v) is 15.8. The summed E-state index contributed by atoms with van der Waals surface area (Å²) in [5.41, 5.74) is 0.986. The highest BCUT2D eigenvalue weighted by molar-refractivity contribution is 7.90. The molecule has 0 unspecified atom stereocenters. The first-order chi connectivity index (χ1) is 11.4. The summed E-state index contributed by atoms with van der Waals surface area (Å²) < 4.78 is 28.3. The molecule has 0 bridgehead atoms. The number of nitrogens with one attached hydrogen (secondary N) is 2. The third-order valence-electron chi connectivity index (χ3n) is 3.97. The molecule has 1 heterocycles. The molecule has 1 fully saturated rings. The summed E-state index contributed by atoms with van der Waals surface area (Å²) in [6.45, 7) is 7.22. The number of sulfone groups is 1. The molecule has 2 rings (SSSR count). The van der Waals surface area contributed by atoms with E-state index in [9.17, 15) is 8.42 Å². The van der Waals surface area contributed by atoms with Gasteiger partial charge in [-0.25, -0.2) is 8.42 Å². The molecule has 6 nitrogen and oxygen atoms in total. The van der Waals surface area contributed by atoms with E-state index in [0.717, 1.165) is 45.0 Å². The Morgan fingerprint density at radius 2 is 1.92 bits per heavy atom. The second-order valence-corrected chi connectivity index (χ2v) is 8.34. The van der Waals surface area contributed by atoms with Crippen LogP contribution in [0.15, 0.2) is 29.2 Å². The van der Waals surface area contributed by atoms with Crippen molar-refractivity contribution in [2.24, 2.45) is 0 Å². The van der Waals surface area contributed by atoms with E-state index in [4.69, 9.17) is 17.0 Å². The fraction of sp³-hybridized carbons (Fsp3) is 0.562. The van der Waals surface area contributed by atoms with Gasteiger partial charge >= 0.3 is 0 Å². The molecule has 134 valence electrons. The zero-order valence-electron chi connectivity index (χ0n) is 14.1. The lowest BCUT2D eigenvalue weighted by atomic mass is 10.1. The smallest absolute Gasteiger partial charge is 0.175 e. The molecule has 2 N–H and O–H groups in total. The molecule has 1 aromatic rings. The second-order valence-electron chi connectivity index (χ2n) is 5.92. The Hall–Kier alpha value is -1.22. The van der Waals surface area contributed by atoms with Crippen LogP contribution in [0.1, 0.15) is 18.5 Å². The summed E-state index contributed by atoms with van der Waals surface area (Å²) in [5.74, 6) is 0. The monoisotopic (exact) mass is 371 g/mol. The van der Waals surface area contributed by atoms with Crippen molar-refractivity contribution < 1.29 is 13.2 Å². The van der Waals surface area contributed by atoms with Crippen molar-refractivity contribution in [1.82, 2.24) is 15.5 Å². The molecule has 0 aliphatic carbocycles. The van der Waals surface area contributed by atoms with Gasteiger partial charge in [0.25, 0.3) is 0 Å². The van der Waals surface area contributed by atoms with Crippen molar-refractivity contribution in [3.05, 3.63) is 29.8 Å². The highest BCUT2D eigenvalue weighted by atomic mass is 32.2. The van der Waals surface area contributed by atoms with Crippen molar-refractivity contribution in [2.75, 3.05) is 45.6 Å². The second kappa shape index (κ2) is 8.75. The van der Waals surface area contributed by atoms with Crippen molar-refractivity contribution >= 4 is 27.2 Å². The lowest BCUT2D eigenvalue weighted by Gasteiger charge is -2.27. The number of benzene rings is 1. The Balaban J connectivity index is 1.76. The quantitative estimate of drug-likeness (QED) is 0.722. The van der Waals surface area contributed by atoms with E-state index in [1.807, 2.05) is 19.1 Å². The summed E-state index contributed by atoms with van der Waals surface area (Å²) in [4.78, 5) is 2.66. The summed E-state index contributed by atoms with van der Waals surface area (Å²) in [5, 5.41) is 7.03. The van der Waals surface area contributed by atoms with Gasteiger partial charge in [-0.05, 0) is 36.8 Å². The van der Waals surface area contributed by atoms with Crippen molar-refractivity contribution in [2.45, 2.75) is 17.9 Å². The van der Waals surface area contributed by atoms with Gasteiger partial charge in [0.2, 0.25) is 0 Å². The minimum atomic E-state index is -3.16. The van der Waals surface area contributed by atoms with Crippen LogP contribution >= 0.6 is 12.2 Å². The Kier molecular flexibility index (Phi) is 6.97. The molecule has 0 aromatic heterocycles. The van der Waals surface area contributed by atoms with Gasteiger partial charge in [-0.1, -0.05) is 12.1 Å². The number of thiocarbonyl (C=S) groups is 1.